The minimum atomic E-state index is -3.46. The Bertz CT molecular complexity index is 534. The van der Waals surface area contributed by atoms with Crippen LogP contribution in [0.1, 0.15) is 19.3 Å². The number of hydrogen-bond donors (Lipinski definition) is 1. The van der Waals surface area contributed by atoms with Crippen molar-refractivity contribution in [3.63, 3.8) is 0 Å². The van der Waals surface area contributed by atoms with Crippen LogP contribution in [0.4, 0.5) is 0 Å². The molecule has 0 saturated heterocycles. The van der Waals surface area contributed by atoms with Gasteiger partial charge in [0, 0.05) is 25.3 Å². The van der Waals surface area contributed by atoms with Crippen LogP contribution in [0.15, 0.2) is 29.9 Å². The lowest BCUT2D eigenvalue weighted by Gasteiger charge is -2.18. The van der Waals surface area contributed by atoms with Gasteiger partial charge in [0.05, 0.1) is 6.20 Å². The SMILES string of the molecule is C=CCN(C1CC1)S(=O)(=O)c1cnn(CCCN)c1. The number of nitrogens with two attached hydrogens (primary N) is 1. The molecule has 7 heteroatoms. The van der Waals surface area contributed by atoms with Crippen molar-refractivity contribution < 1.29 is 8.42 Å². The maximum Gasteiger partial charge on any atom is 0.246 e. The zero-order valence-electron chi connectivity index (χ0n) is 10.9. The molecule has 0 atom stereocenters. The summed E-state index contributed by atoms with van der Waals surface area (Å²) in [5.74, 6) is 0. The van der Waals surface area contributed by atoms with Gasteiger partial charge in [0.25, 0.3) is 0 Å². The van der Waals surface area contributed by atoms with Crippen LogP contribution in [0.5, 0.6) is 0 Å². The lowest BCUT2D eigenvalue weighted by molar-refractivity contribution is 0.436. The molecule has 2 N–H and O–H groups in total. The lowest BCUT2D eigenvalue weighted by Crippen LogP contribution is -2.33. The molecule has 106 valence electrons. The number of aromatic nitrogens is 2. The first-order chi connectivity index (χ1) is 9.09. The van der Waals surface area contributed by atoms with Crippen molar-refractivity contribution in [2.75, 3.05) is 13.1 Å². The smallest absolute Gasteiger partial charge is 0.246 e. The van der Waals surface area contributed by atoms with Gasteiger partial charge >= 0.3 is 0 Å². The molecule has 0 aromatic carbocycles. The molecule has 1 saturated carbocycles. The predicted molar refractivity (Wildman–Crippen MR) is 73.0 cm³/mol. The van der Waals surface area contributed by atoms with Crippen molar-refractivity contribution in [1.29, 1.82) is 0 Å². The topological polar surface area (TPSA) is 81.2 Å². The molecule has 0 bridgehead atoms. The van der Waals surface area contributed by atoms with E-state index in [9.17, 15) is 8.42 Å². The third kappa shape index (κ3) is 3.23. The van der Waals surface area contributed by atoms with Crippen molar-refractivity contribution in [3.8, 4) is 0 Å². The van der Waals surface area contributed by atoms with Crippen molar-refractivity contribution >= 4 is 10.0 Å². The van der Waals surface area contributed by atoms with Gasteiger partial charge in [-0.3, -0.25) is 4.68 Å². The average Bonchev–Trinajstić information content (AvgIpc) is 3.10. The largest absolute Gasteiger partial charge is 0.330 e. The molecule has 1 aliphatic carbocycles. The van der Waals surface area contributed by atoms with Crippen LogP contribution >= 0.6 is 0 Å². The molecule has 2 rings (SSSR count). The Balaban J connectivity index is 2.17. The summed E-state index contributed by atoms with van der Waals surface area (Å²) in [7, 11) is -3.46. The van der Waals surface area contributed by atoms with E-state index in [-0.39, 0.29) is 10.9 Å². The summed E-state index contributed by atoms with van der Waals surface area (Å²) >= 11 is 0. The normalized spacial score (nSPS) is 15.9. The van der Waals surface area contributed by atoms with Gasteiger partial charge < -0.3 is 5.73 Å². The van der Waals surface area contributed by atoms with E-state index >= 15 is 0 Å². The summed E-state index contributed by atoms with van der Waals surface area (Å²) in [5, 5.41) is 4.07. The minimum Gasteiger partial charge on any atom is -0.330 e. The second-order valence-electron chi connectivity index (χ2n) is 4.68. The van der Waals surface area contributed by atoms with Gasteiger partial charge in [-0.15, -0.1) is 6.58 Å². The van der Waals surface area contributed by atoms with Gasteiger partial charge in [-0.05, 0) is 25.8 Å². The van der Waals surface area contributed by atoms with Gasteiger partial charge in [0.1, 0.15) is 4.90 Å². The maximum atomic E-state index is 12.5. The number of nitrogens with zero attached hydrogens (tertiary/aromatic N) is 3. The average molecular weight is 284 g/mol. The molecule has 1 aromatic heterocycles. The van der Waals surface area contributed by atoms with Gasteiger partial charge in [0.2, 0.25) is 10.0 Å². The summed E-state index contributed by atoms with van der Waals surface area (Å²) in [5.41, 5.74) is 5.43. The van der Waals surface area contributed by atoms with Crippen molar-refractivity contribution in [2.24, 2.45) is 5.73 Å². The standard InChI is InChI=1S/C12H20N4O2S/c1-2-7-16(11-4-5-11)19(17,18)12-9-14-15(10-12)8-3-6-13/h2,9-11H,1,3-8,13H2. The highest BCUT2D eigenvalue weighted by atomic mass is 32.2. The summed E-state index contributed by atoms with van der Waals surface area (Å²) < 4.78 is 28.1. The van der Waals surface area contributed by atoms with E-state index in [0.717, 1.165) is 19.3 Å². The number of rotatable bonds is 8. The lowest BCUT2D eigenvalue weighted by atomic mass is 10.4. The van der Waals surface area contributed by atoms with Crippen LogP contribution in [0, 0.1) is 0 Å². The summed E-state index contributed by atoms with van der Waals surface area (Å²) in [4.78, 5) is 0.248. The van der Waals surface area contributed by atoms with Crippen LogP contribution in [0.3, 0.4) is 0 Å². The van der Waals surface area contributed by atoms with Crippen LogP contribution in [0.25, 0.3) is 0 Å². The third-order valence-corrected chi connectivity index (χ3v) is 4.94. The molecule has 1 aliphatic rings. The second-order valence-corrected chi connectivity index (χ2v) is 6.57. The van der Waals surface area contributed by atoms with Crippen molar-refractivity contribution in [3.05, 3.63) is 25.0 Å². The van der Waals surface area contributed by atoms with Crippen LogP contribution in [-0.4, -0.2) is 41.6 Å². The molecule has 19 heavy (non-hydrogen) atoms. The molecule has 0 amide bonds. The fourth-order valence-corrected chi connectivity index (χ4v) is 3.53. The Morgan fingerprint density at radius 3 is 2.89 bits per heavy atom. The first-order valence-electron chi connectivity index (χ1n) is 6.45. The van der Waals surface area contributed by atoms with Crippen LogP contribution < -0.4 is 5.73 Å². The number of aryl methyl sites for hydroxylation is 1. The maximum absolute atomic E-state index is 12.5. The van der Waals surface area contributed by atoms with Gasteiger partial charge in [-0.1, -0.05) is 6.08 Å². The fourth-order valence-electron chi connectivity index (χ4n) is 1.92. The van der Waals surface area contributed by atoms with Gasteiger partial charge in [0.15, 0.2) is 0 Å². The van der Waals surface area contributed by atoms with E-state index in [0.29, 0.717) is 19.6 Å². The number of sulfonamides is 1. The zero-order valence-corrected chi connectivity index (χ0v) is 11.7. The Labute approximate surface area is 113 Å². The van der Waals surface area contributed by atoms with E-state index in [1.165, 1.54) is 10.5 Å². The van der Waals surface area contributed by atoms with E-state index in [2.05, 4.69) is 11.7 Å². The Morgan fingerprint density at radius 2 is 2.32 bits per heavy atom. The molecular weight excluding hydrogens is 264 g/mol. The molecule has 0 spiro atoms. The molecule has 1 fully saturated rings. The summed E-state index contributed by atoms with van der Waals surface area (Å²) in [6.07, 6.45) is 7.23. The summed E-state index contributed by atoms with van der Waals surface area (Å²) in [6, 6.07) is 0.121. The fraction of sp³-hybridized carbons (Fsp3) is 0.583. The van der Waals surface area contributed by atoms with E-state index < -0.39 is 10.0 Å². The Morgan fingerprint density at radius 1 is 1.58 bits per heavy atom. The van der Waals surface area contributed by atoms with Crippen molar-refractivity contribution in [1.82, 2.24) is 14.1 Å². The second kappa shape index (κ2) is 5.85. The Kier molecular flexibility index (Phi) is 4.38. The van der Waals surface area contributed by atoms with Gasteiger partial charge in [-0.25, -0.2) is 8.42 Å². The molecule has 0 aliphatic heterocycles. The number of hydrogen-bond acceptors (Lipinski definition) is 4. The quantitative estimate of drug-likeness (QED) is 0.708. The highest BCUT2D eigenvalue weighted by Crippen LogP contribution is 2.31. The predicted octanol–water partition coefficient (Wildman–Crippen LogP) is 0.571. The molecule has 0 radical (unpaired) electrons. The molecule has 1 heterocycles. The van der Waals surface area contributed by atoms with Crippen LogP contribution in [-0.2, 0) is 16.6 Å². The molecular formula is C12H20N4O2S. The molecule has 1 aromatic rings. The highest BCUT2D eigenvalue weighted by Gasteiger charge is 2.37. The first kappa shape index (κ1) is 14.2. The van der Waals surface area contributed by atoms with Crippen LogP contribution in [0.2, 0.25) is 0 Å². The van der Waals surface area contributed by atoms with E-state index in [4.69, 9.17) is 5.73 Å². The first-order valence-corrected chi connectivity index (χ1v) is 7.89. The van der Waals surface area contributed by atoms with E-state index in [1.54, 1.807) is 17.0 Å². The van der Waals surface area contributed by atoms with Gasteiger partial charge in [-0.2, -0.15) is 9.40 Å². The van der Waals surface area contributed by atoms with Crippen molar-refractivity contribution in [2.45, 2.75) is 36.7 Å². The zero-order chi connectivity index (χ0) is 13.9. The summed E-state index contributed by atoms with van der Waals surface area (Å²) in [6.45, 7) is 5.17. The van der Waals surface area contributed by atoms with E-state index in [1.807, 2.05) is 0 Å². The molecule has 6 nitrogen and oxygen atoms in total. The minimum absolute atomic E-state index is 0.121. The Hall–Kier alpha value is -1.18. The molecule has 0 unspecified atom stereocenters. The monoisotopic (exact) mass is 284 g/mol. The highest BCUT2D eigenvalue weighted by molar-refractivity contribution is 7.89. The third-order valence-electron chi connectivity index (χ3n) is 3.07.